The van der Waals surface area contributed by atoms with Gasteiger partial charge in [-0.25, -0.2) is 8.42 Å². The van der Waals surface area contributed by atoms with E-state index in [0.717, 1.165) is 24.8 Å². The van der Waals surface area contributed by atoms with Gasteiger partial charge in [0.2, 0.25) is 0 Å². The number of rotatable bonds is 2. The molecule has 0 N–H and O–H groups in total. The summed E-state index contributed by atoms with van der Waals surface area (Å²) in [6, 6.07) is 15.7. The van der Waals surface area contributed by atoms with Crippen molar-refractivity contribution in [3.63, 3.8) is 0 Å². The zero-order chi connectivity index (χ0) is 24.0. The third-order valence-electron chi connectivity index (χ3n) is 6.61. The molecular formula is C26H31NO6S. The lowest BCUT2D eigenvalue weighted by Crippen LogP contribution is -2.41. The number of para-hydroxylation sites is 1. The summed E-state index contributed by atoms with van der Waals surface area (Å²) in [6.07, 6.45) is 4.91. The van der Waals surface area contributed by atoms with E-state index in [9.17, 15) is 18.0 Å². The molecule has 1 spiro atoms. The lowest BCUT2D eigenvalue weighted by Gasteiger charge is -2.30. The molecular weight excluding hydrogens is 454 g/mol. The molecule has 2 heterocycles. The van der Waals surface area contributed by atoms with Crippen LogP contribution in [0.4, 0.5) is 5.69 Å². The summed E-state index contributed by atoms with van der Waals surface area (Å²) >= 11 is 0. The molecule has 0 saturated carbocycles. The van der Waals surface area contributed by atoms with Crippen molar-refractivity contribution in [3.05, 3.63) is 60.2 Å². The molecule has 8 heteroatoms. The summed E-state index contributed by atoms with van der Waals surface area (Å²) in [5.74, 6) is -0.486. The molecule has 4 rings (SSSR count). The Labute approximate surface area is 201 Å². The average Bonchev–Trinajstić information content (AvgIpc) is 3.18. The third-order valence-corrected chi connectivity index (χ3v) is 8.38. The van der Waals surface area contributed by atoms with Crippen LogP contribution >= 0.6 is 0 Å². The number of esters is 2. The number of cyclic esters (lactones) is 2. The first-order valence-electron chi connectivity index (χ1n) is 11.9. The van der Waals surface area contributed by atoms with Crippen LogP contribution in [0.3, 0.4) is 0 Å². The van der Waals surface area contributed by atoms with Gasteiger partial charge in [0.15, 0.2) is 0 Å². The van der Waals surface area contributed by atoms with Crippen LogP contribution in [-0.4, -0.2) is 40.1 Å². The second-order valence-electron chi connectivity index (χ2n) is 9.02. The van der Waals surface area contributed by atoms with Gasteiger partial charge in [-0.2, -0.15) is 0 Å². The Hall–Kier alpha value is -2.87. The van der Waals surface area contributed by atoms with Gasteiger partial charge in [0.25, 0.3) is 10.0 Å². The van der Waals surface area contributed by atoms with Gasteiger partial charge in [0, 0.05) is 19.4 Å². The van der Waals surface area contributed by atoms with Crippen molar-refractivity contribution in [1.82, 2.24) is 0 Å². The first kappa shape index (κ1) is 24.3. The number of carbonyl (C=O) groups is 2. The molecule has 2 aliphatic rings. The van der Waals surface area contributed by atoms with Crippen LogP contribution < -0.4 is 4.31 Å². The highest BCUT2D eigenvalue weighted by molar-refractivity contribution is 7.92. The van der Waals surface area contributed by atoms with E-state index in [-0.39, 0.29) is 36.6 Å². The van der Waals surface area contributed by atoms with Gasteiger partial charge >= 0.3 is 11.9 Å². The maximum atomic E-state index is 13.6. The SMILES string of the molecule is O=C1CCCCCCC(=O)OCC2(CCCO1)CN(S(=O)(=O)c1ccccc1)c1ccccc12. The molecule has 34 heavy (non-hydrogen) atoms. The van der Waals surface area contributed by atoms with Crippen molar-refractivity contribution in [2.24, 2.45) is 0 Å². The Morgan fingerprint density at radius 1 is 0.765 bits per heavy atom. The number of fused-ring (bicyclic) bond motifs is 2. The zero-order valence-electron chi connectivity index (χ0n) is 19.3. The van der Waals surface area contributed by atoms with Crippen molar-refractivity contribution in [2.75, 3.05) is 24.1 Å². The van der Waals surface area contributed by atoms with E-state index in [2.05, 4.69) is 0 Å². The molecule has 2 aromatic carbocycles. The summed E-state index contributed by atoms with van der Waals surface area (Å²) < 4.78 is 39.7. The molecule has 2 aromatic rings. The summed E-state index contributed by atoms with van der Waals surface area (Å²) in [6.45, 7) is 0.491. The topological polar surface area (TPSA) is 90.0 Å². The smallest absolute Gasteiger partial charge is 0.305 e. The molecule has 2 aliphatic heterocycles. The predicted octanol–water partition coefficient (Wildman–Crippen LogP) is 4.35. The van der Waals surface area contributed by atoms with Gasteiger partial charge in [-0.15, -0.1) is 0 Å². The Balaban J connectivity index is 1.65. The first-order chi connectivity index (χ1) is 16.4. The van der Waals surface area contributed by atoms with Crippen LogP contribution in [0, 0.1) is 0 Å². The van der Waals surface area contributed by atoms with E-state index in [1.54, 1.807) is 36.4 Å². The fraction of sp³-hybridized carbons (Fsp3) is 0.462. The number of nitrogens with zero attached hydrogens (tertiary/aromatic N) is 1. The Kier molecular flexibility index (Phi) is 7.56. The second-order valence-corrected chi connectivity index (χ2v) is 10.9. The fourth-order valence-corrected chi connectivity index (χ4v) is 6.37. The van der Waals surface area contributed by atoms with Crippen molar-refractivity contribution in [1.29, 1.82) is 0 Å². The minimum absolute atomic E-state index is 0.0810. The molecule has 0 aliphatic carbocycles. The Morgan fingerprint density at radius 2 is 1.41 bits per heavy atom. The van der Waals surface area contributed by atoms with Crippen molar-refractivity contribution in [3.8, 4) is 0 Å². The highest BCUT2D eigenvalue weighted by Crippen LogP contribution is 2.46. The Morgan fingerprint density at radius 3 is 2.15 bits per heavy atom. The maximum Gasteiger partial charge on any atom is 0.305 e. The third kappa shape index (κ3) is 5.27. The minimum Gasteiger partial charge on any atom is -0.466 e. The normalized spacial score (nSPS) is 22.9. The summed E-state index contributed by atoms with van der Waals surface area (Å²) in [4.78, 5) is 24.7. The molecule has 7 nitrogen and oxygen atoms in total. The van der Waals surface area contributed by atoms with E-state index in [1.165, 1.54) is 4.31 Å². The molecule has 1 unspecified atom stereocenters. The number of sulfonamides is 1. The van der Waals surface area contributed by atoms with Crippen molar-refractivity contribution >= 4 is 27.6 Å². The monoisotopic (exact) mass is 485 g/mol. The second kappa shape index (κ2) is 10.6. The standard InChI is InChI=1S/C26H31NO6S/c28-24-15-6-1-2-7-16-25(29)33-20-26(17-10-18-32-24)19-27(23-14-9-8-13-22(23)26)34(30,31)21-11-4-3-5-12-21/h3-5,8-9,11-14H,1-2,6-7,10,15-20H2. The summed E-state index contributed by atoms with van der Waals surface area (Å²) in [7, 11) is -3.81. The fourth-order valence-electron chi connectivity index (χ4n) is 4.78. The summed E-state index contributed by atoms with van der Waals surface area (Å²) in [5.41, 5.74) is 0.705. The van der Waals surface area contributed by atoms with E-state index in [1.807, 2.05) is 18.2 Å². The zero-order valence-corrected chi connectivity index (χ0v) is 20.1. The molecule has 0 amide bonds. The molecule has 1 saturated heterocycles. The highest BCUT2D eigenvalue weighted by Gasteiger charge is 2.47. The molecule has 1 fully saturated rings. The maximum absolute atomic E-state index is 13.6. The minimum atomic E-state index is -3.81. The Bertz CT molecular complexity index is 1120. The van der Waals surface area contributed by atoms with Crippen LogP contribution in [0.1, 0.15) is 56.9 Å². The number of anilines is 1. The van der Waals surface area contributed by atoms with Gasteiger partial charge in [0.05, 0.1) is 22.6 Å². The van der Waals surface area contributed by atoms with Gasteiger partial charge in [-0.05, 0) is 49.4 Å². The van der Waals surface area contributed by atoms with E-state index in [0.29, 0.717) is 37.8 Å². The van der Waals surface area contributed by atoms with Gasteiger partial charge in [-0.3, -0.25) is 13.9 Å². The van der Waals surface area contributed by atoms with Crippen LogP contribution in [0.25, 0.3) is 0 Å². The summed E-state index contributed by atoms with van der Waals surface area (Å²) in [5, 5.41) is 0. The first-order valence-corrected chi connectivity index (χ1v) is 13.3. The molecule has 0 bridgehead atoms. The van der Waals surface area contributed by atoms with Crippen LogP contribution in [-0.2, 0) is 34.5 Å². The number of ether oxygens (including phenoxy) is 2. The van der Waals surface area contributed by atoms with Gasteiger partial charge in [0.1, 0.15) is 6.61 Å². The van der Waals surface area contributed by atoms with Crippen LogP contribution in [0.5, 0.6) is 0 Å². The quantitative estimate of drug-likeness (QED) is 0.588. The van der Waals surface area contributed by atoms with E-state index in [4.69, 9.17) is 9.47 Å². The van der Waals surface area contributed by atoms with Crippen molar-refractivity contribution < 1.29 is 27.5 Å². The molecule has 0 radical (unpaired) electrons. The van der Waals surface area contributed by atoms with Gasteiger partial charge < -0.3 is 9.47 Å². The average molecular weight is 486 g/mol. The largest absolute Gasteiger partial charge is 0.466 e. The molecule has 182 valence electrons. The molecule has 0 aromatic heterocycles. The molecule has 1 atom stereocenters. The van der Waals surface area contributed by atoms with Crippen molar-refractivity contribution in [2.45, 2.75) is 61.7 Å². The van der Waals surface area contributed by atoms with Crippen LogP contribution in [0.2, 0.25) is 0 Å². The van der Waals surface area contributed by atoms with Gasteiger partial charge in [-0.1, -0.05) is 49.2 Å². The van der Waals surface area contributed by atoms with E-state index < -0.39 is 15.4 Å². The van der Waals surface area contributed by atoms with Crippen LogP contribution in [0.15, 0.2) is 59.5 Å². The predicted molar refractivity (Wildman–Crippen MR) is 128 cm³/mol. The lowest BCUT2D eigenvalue weighted by atomic mass is 9.79. The highest BCUT2D eigenvalue weighted by atomic mass is 32.2. The lowest BCUT2D eigenvalue weighted by molar-refractivity contribution is -0.145. The number of benzene rings is 2. The number of hydrogen-bond donors (Lipinski definition) is 0. The number of carbonyl (C=O) groups excluding carboxylic acids is 2. The number of hydrogen-bond acceptors (Lipinski definition) is 6. The van der Waals surface area contributed by atoms with E-state index >= 15 is 0 Å².